The Labute approximate surface area is 217 Å². The summed E-state index contributed by atoms with van der Waals surface area (Å²) in [5.41, 5.74) is 6.53. The van der Waals surface area contributed by atoms with Crippen LogP contribution in [0.15, 0.2) is 60.7 Å². The van der Waals surface area contributed by atoms with E-state index >= 15 is 0 Å². The summed E-state index contributed by atoms with van der Waals surface area (Å²) in [7, 11) is 0. The second-order valence-corrected chi connectivity index (χ2v) is 10.1. The van der Waals surface area contributed by atoms with Crippen LogP contribution in [-0.2, 0) is 0 Å². The number of aromatic nitrogens is 2. The van der Waals surface area contributed by atoms with E-state index in [0.717, 1.165) is 41.1 Å². The molecule has 190 valence electrons. The fourth-order valence-corrected chi connectivity index (χ4v) is 5.08. The molecule has 0 aliphatic heterocycles. The van der Waals surface area contributed by atoms with Gasteiger partial charge in [-0.05, 0) is 44.5 Å². The Kier molecular flexibility index (Phi) is 9.54. The average Bonchev–Trinajstić information content (AvgIpc) is 2.88. The molecule has 2 aromatic heterocycles. The number of nitrogens with zero attached hydrogens (tertiary/aromatic N) is 2. The van der Waals surface area contributed by atoms with Gasteiger partial charge >= 0.3 is 0 Å². The molecule has 4 heteroatoms. The van der Waals surface area contributed by atoms with Crippen molar-refractivity contribution < 1.29 is 0 Å². The number of fused-ring (bicyclic) bond motifs is 2. The van der Waals surface area contributed by atoms with Gasteiger partial charge in [-0.1, -0.05) is 94.7 Å². The van der Waals surface area contributed by atoms with Gasteiger partial charge < -0.3 is 10.6 Å². The third-order valence-corrected chi connectivity index (χ3v) is 6.99. The fourth-order valence-electron chi connectivity index (χ4n) is 5.08. The van der Waals surface area contributed by atoms with Crippen LogP contribution in [-0.4, -0.2) is 22.6 Å². The molecule has 2 aromatic carbocycles. The monoisotopic (exact) mass is 482 g/mol. The largest absolute Gasteiger partial charge is 0.382 e. The highest BCUT2D eigenvalue weighted by Gasteiger charge is 2.13. The van der Waals surface area contributed by atoms with Crippen molar-refractivity contribution in [2.75, 3.05) is 17.2 Å². The van der Waals surface area contributed by atoms with Crippen LogP contribution in [0.4, 0.5) is 11.4 Å². The maximum Gasteiger partial charge on any atom is 0.0725 e. The Morgan fingerprint density at radius 1 is 0.667 bits per heavy atom. The predicted molar refractivity (Wildman–Crippen MR) is 156 cm³/mol. The van der Waals surface area contributed by atoms with Gasteiger partial charge in [0, 0.05) is 46.1 Å². The van der Waals surface area contributed by atoms with Crippen molar-refractivity contribution in [1.29, 1.82) is 0 Å². The summed E-state index contributed by atoms with van der Waals surface area (Å²) >= 11 is 0. The van der Waals surface area contributed by atoms with Gasteiger partial charge in [0.2, 0.25) is 0 Å². The number of anilines is 2. The van der Waals surface area contributed by atoms with Crippen molar-refractivity contribution in [3.05, 3.63) is 72.1 Å². The van der Waals surface area contributed by atoms with Gasteiger partial charge in [0.05, 0.1) is 11.0 Å². The zero-order chi connectivity index (χ0) is 25.2. The van der Waals surface area contributed by atoms with Crippen molar-refractivity contribution in [1.82, 2.24) is 9.97 Å². The zero-order valence-corrected chi connectivity index (χ0v) is 22.3. The van der Waals surface area contributed by atoms with Gasteiger partial charge in [-0.15, -0.1) is 0 Å². The quantitative estimate of drug-likeness (QED) is 0.176. The molecule has 0 bridgehead atoms. The minimum atomic E-state index is 0.322. The molecular weight excluding hydrogens is 440 g/mol. The molecular formula is C32H42N4. The number of hydrogen-bond acceptors (Lipinski definition) is 4. The highest BCUT2D eigenvalue weighted by atomic mass is 15.0. The van der Waals surface area contributed by atoms with Gasteiger partial charge in [-0.2, -0.15) is 0 Å². The Morgan fingerprint density at radius 3 is 1.83 bits per heavy atom. The average molecular weight is 483 g/mol. The second kappa shape index (κ2) is 13.2. The lowest BCUT2D eigenvalue weighted by Gasteiger charge is -2.23. The van der Waals surface area contributed by atoms with Gasteiger partial charge in [-0.25, -0.2) is 0 Å². The topological polar surface area (TPSA) is 49.8 Å². The van der Waals surface area contributed by atoms with E-state index in [-0.39, 0.29) is 0 Å². The molecule has 4 nitrogen and oxygen atoms in total. The molecule has 0 spiro atoms. The van der Waals surface area contributed by atoms with Crippen LogP contribution in [0.1, 0.15) is 76.1 Å². The SMILES string of the molecule is CCCCCCCCCCC(CNc1cc(C)nc2ccccc12)Nc1cc(C)nc2ccccc12. The highest BCUT2D eigenvalue weighted by molar-refractivity contribution is 5.92. The van der Waals surface area contributed by atoms with E-state index in [9.17, 15) is 0 Å². The number of rotatable bonds is 14. The van der Waals surface area contributed by atoms with Crippen LogP contribution in [0.3, 0.4) is 0 Å². The maximum absolute atomic E-state index is 4.74. The van der Waals surface area contributed by atoms with E-state index < -0.39 is 0 Å². The van der Waals surface area contributed by atoms with Gasteiger partial charge in [0.25, 0.3) is 0 Å². The van der Waals surface area contributed by atoms with E-state index in [1.807, 2.05) is 0 Å². The van der Waals surface area contributed by atoms with Crippen molar-refractivity contribution in [3.8, 4) is 0 Å². The van der Waals surface area contributed by atoms with Crippen LogP contribution in [0, 0.1) is 13.8 Å². The lowest BCUT2D eigenvalue weighted by molar-refractivity contribution is 0.546. The van der Waals surface area contributed by atoms with Crippen molar-refractivity contribution in [2.45, 2.75) is 84.6 Å². The lowest BCUT2D eigenvalue weighted by Crippen LogP contribution is -2.28. The zero-order valence-electron chi connectivity index (χ0n) is 22.3. The number of benzene rings is 2. The van der Waals surface area contributed by atoms with Gasteiger partial charge in [-0.3, -0.25) is 9.97 Å². The number of pyridine rings is 2. The molecule has 0 aliphatic rings. The summed E-state index contributed by atoms with van der Waals surface area (Å²) in [5.74, 6) is 0. The summed E-state index contributed by atoms with van der Waals surface area (Å²) in [6, 6.07) is 21.5. The van der Waals surface area contributed by atoms with E-state index in [0.29, 0.717) is 6.04 Å². The first-order chi connectivity index (χ1) is 17.6. The van der Waals surface area contributed by atoms with Crippen LogP contribution in [0.2, 0.25) is 0 Å². The summed E-state index contributed by atoms with van der Waals surface area (Å²) in [6.45, 7) is 7.29. The second-order valence-electron chi connectivity index (χ2n) is 10.1. The fraction of sp³-hybridized carbons (Fsp3) is 0.438. The predicted octanol–water partition coefficient (Wildman–Crippen LogP) is 8.82. The molecule has 1 atom stereocenters. The summed E-state index contributed by atoms with van der Waals surface area (Å²) in [5, 5.41) is 10.0. The lowest BCUT2D eigenvalue weighted by atomic mass is 10.0. The summed E-state index contributed by atoms with van der Waals surface area (Å²) in [6.07, 6.45) is 11.9. The Bertz CT molecular complexity index is 1250. The van der Waals surface area contributed by atoms with Crippen LogP contribution in [0.25, 0.3) is 21.8 Å². The molecule has 4 rings (SSSR count). The number of aryl methyl sites for hydroxylation is 2. The first-order valence-electron chi connectivity index (χ1n) is 13.9. The minimum absolute atomic E-state index is 0.322. The summed E-state index contributed by atoms with van der Waals surface area (Å²) < 4.78 is 0. The Balaban J connectivity index is 1.46. The van der Waals surface area contributed by atoms with E-state index in [4.69, 9.17) is 9.97 Å². The third kappa shape index (κ3) is 7.19. The number of nitrogens with one attached hydrogen (secondary N) is 2. The molecule has 1 unspecified atom stereocenters. The molecule has 2 heterocycles. The molecule has 0 saturated carbocycles. The first-order valence-corrected chi connectivity index (χ1v) is 13.9. The van der Waals surface area contributed by atoms with Crippen molar-refractivity contribution in [3.63, 3.8) is 0 Å². The molecule has 2 N–H and O–H groups in total. The molecule has 0 fully saturated rings. The van der Waals surface area contributed by atoms with E-state index in [2.05, 4.69) is 92.1 Å². The van der Waals surface area contributed by atoms with Crippen LogP contribution >= 0.6 is 0 Å². The van der Waals surface area contributed by atoms with Gasteiger partial charge in [0.1, 0.15) is 0 Å². The van der Waals surface area contributed by atoms with Gasteiger partial charge in [0.15, 0.2) is 0 Å². The smallest absolute Gasteiger partial charge is 0.0725 e. The van der Waals surface area contributed by atoms with Crippen LogP contribution in [0.5, 0.6) is 0 Å². The Morgan fingerprint density at radius 2 is 1.19 bits per heavy atom. The number of unbranched alkanes of at least 4 members (excludes halogenated alkanes) is 7. The van der Waals surface area contributed by atoms with Crippen molar-refractivity contribution in [2.24, 2.45) is 0 Å². The molecule has 0 aliphatic carbocycles. The molecule has 4 aromatic rings. The normalized spacial score (nSPS) is 12.2. The highest BCUT2D eigenvalue weighted by Crippen LogP contribution is 2.26. The minimum Gasteiger partial charge on any atom is -0.382 e. The van der Waals surface area contributed by atoms with Crippen LogP contribution < -0.4 is 10.6 Å². The van der Waals surface area contributed by atoms with E-state index in [1.54, 1.807) is 0 Å². The third-order valence-electron chi connectivity index (χ3n) is 6.99. The Hall–Kier alpha value is -3.14. The van der Waals surface area contributed by atoms with E-state index in [1.165, 1.54) is 67.8 Å². The standard InChI is InChI=1S/C32H42N4/c1-4-5-6-7-8-9-10-11-16-26(36-32-22-25(3)35-30-20-15-13-18-28(30)32)23-33-31-21-24(2)34-29-19-14-12-17-27(29)31/h12-15,17-22,26H,4-11,16,23H2,1-3H3,(H,33,34)(H,35,36). The summed E-state index contributed by atoms with van der Waals surface area (Å²) in [4.78, 5) is 9.44. The number of para-hydroxylation sites is 2. The molecule has 0 amide bonds. The molecule has 36 heavy (non-hydrogen) atoms. The number of hydrogen-bond donors (Lipinski definition) is 2. The molecule has 0 saturated heterocycles. The maximum atomic E-state index is 4.74. The molecule has 0 radical (unpaired) electrons. The first kappa shape index (κ1) is 25.9. The van der Waals surface area contributed by atoms with Crippen molar-refractivity contribution >= 4 is 33.2 Å².